The fourth-order valence-electron chi connectivity index (χ4n) is 1.60. The van der Waals surface area contributed by atoms with Crippen molar-refractivity contribution < 1.29 is 0 Å². The summed E-state index contributed by atoms with van der Waals surface area (Å²) in [4.78, 5) is 4.21. The minimum absolute atomic E-state index is 0.631. The van der Waals surface area contributed by atoms with Crippen molar-refractivity contribution in [2.75, 3.05) is 5.32 Å². The molecule has 0 amide bonds. The fraction of sp³-hybridized carbons (Fsp3) is 0.154. The van der Waals surface area contributed by atoms with Crippen LogP contribution in [-0.2, 0) is 0 Å². The Bertz CT molecular complexity index is 529. The lowest BCUT2D eigenvalue weighted by atomic mass is 10.2. The first-order chi connectivity index (χ1) is 8.06. The first-order valence-corrected chi connectivity index (χ1v) is 6.11. The molecule has 2 rings (SSSR count). The van der Waals surface area contributed by atoms with E-state index in [9.17, 15) is 0 Å². The molecule has 3 N–H and O–H groups in total. The summed E-state index contributed by atoms with van der Waals surface area (Å²) in [6.07, 6.45) is 2.67. The van der Waals surface area contributed by atoms with Gasteiger partial charge in [-0.3, -0.25) is 0 Å². The van der Waals surface area contributed by atoms with Gasteiger partial charge in [-0.05, 0) is 46.6 Å². The maximum absolute atomic E-state index is 5.63. The number of aryl methyl sites for hydroxylation is 1. The van der Waals surface area contributed by atoms with Crippen molar-refractivity contribution in [2.45, 2.75) is 13.3 Å². The minimum atomic E-state index is 0.631. The third-order valence-corrected chi connectivity index (χ3v) is 3.18. The summed E-state index contributed by atoms with van der Waals surface area (Å²) in [5.41, 5.74) is 9.38. The van der Waals surface area contributed by atoms with Crippen LogP contribution in [0.3, 0.4) is 0 Å². The van der Waals surface area contributed by atoms with Crippen LogP contribution < -0.4 is 11.1 Å². The molecule has 1 aliphatic rings. The first-order valence-electron chi connectivity index (χ1n) is 5.32. The molecule has 0 atom stereocenters. The molecule has 1 aliphatic heterocycles. The maximum Gasteiger partial charge on any atom is 0.104 e. The molecule has 0 fully saturated rings. The Morgan fingerprint density at radius 2 is 2.29 bits per heavy atom. The molecule has 17 heavy (non-hydrogen) atoms. The third kappa shape index (κ3) is 2.77. The molecule has 4 heteroatoms. The molecule has 1 aromatic carbocycles. The molecule has 0 saturated heterocycles. The Morgan fingerprint density at radius 1 is 1.53 bits per heavy atom. The van der Waals surface area contributed by atoms with E-state index in [1.807, 2.05) is 25.1 Å². The van der Waals surface area contributed by atoms with Gasteiger partial charge < -0.3 is 11.1 Å². The molecule has 3 nitrogen and oxygen atoms in total. The molecule has 1 heterocycles. The zero-order valence-electron chi connectivity index (χ0n) is 9.63. The van der Waals surface area contributed by atoms with Gasteiger partial charge >= 0.3 is 0 Å². The summed E-state index contributed by atoms with van der Waals surface area (Å²) in [5, 5.41) is 3.24. The molecular weight excluding hydrogens is 278 g/mol. The number of aliphatic imine (C=N–C) groups is 1. The fourth-order valence-corrected chi connectivity index (χ4v) is 1.95. The number of benzene rings is 1. The smallest absolute Gasteiger partial charge is 0.104 e. The quantitative estimate of drug-likeness (QED) is 0.897. The summed E-state index contributed by atoms with van der Waals surface area (Å²) < 4.78 is 1.000. The van der Waals surface area contributed by atoms with Gasteiger partial charge in [0.25, 0.3) is 0 Å². The second-order valence-corrected chi connectivity index (χ2v) is 4.84. The predicted molar refractivity (Wildman–Crippen MR) is 76.0 cm³/mol. The molecule has 0 spiro atoms. The van der Waals surface area contributed by atoms with E-state index in [0.717, 1.165) is 21.6 Å². The summed E-state index contributed by atoms with van der Waals surface area (Å²) in [6.45, 7) is 6.02. The number of nitrogens with two attached hydrogens (primary N) is 1. The molecule has 0 aliphatic carbocycles. The number of nitrogens with zero attached hydrogens (tertiary/aromatic N) is 1. The van der Waals surface area contributed by atoms with Gasteiger partial charge in [0, 0.05) is 10.9 Å². The molecular formula is C13H14BrN3. The average molecular weight is 292 g/mol. The van der Waals surface area contributed by atoms with Crippen LogP contribution in [0, 0.1) is 6.92 Å². The molecule has 1 aromatic rings. The molecule has 0 unspecified atom stereocenters. The minimum Gasteiger partial charge on any atom is -0.387 e. The summed E-state index contributed by atoms with van der Waals surface area (Å²) in [6, 6.07) is 6.10. The van der Waals surface area contributed by atoms with E-state index < -0.39 is 0 Å². The van der Waals surface area contributed by atoms with Gasteiger partial charge in [-0.15, -0.1) is 0 Å². The van der Waals surface area contributed by atoms with Crippen molar-refractivity contribution in [2.24, 2.45) is 10.7 Å². The third-order valence-electron chi connectivity index (χ3n) is 2.49. The Balaban J connectivity index is 2.16. The highest BCUT2D eigenvalue weighted by atomic mass is 79.9. The van der Waals surface area contributed by atoms with Crippen LogP contribution in [0.2, 0.25) is 0 Å². The Hall–Kier alpha value is -1.55. The van der Waals surface area contributed by atoms with Gasteiger partial charge in [-0.1, -0.05) is 12.6 Å². The zero-order valence-corrected chi connectivity index (χ0v) is 11.2. The highest BCUT2D eigenvalue weighted by Crippen LogP contribution is 2.26. The molecule has 0 radical (unpaired) electrons. The number of amidine groups is 1. The van der Waals surface area contributed by atoms with Crippen LogP contribution >= 0.6 is 15.9 Å². The van der Waals surface area contributed by atoms with Crippen molar-refractivity contribution >= 4 is 27.5 Å². The van der Waals surface area contributed by atoms with Crippen molar-refractivity contribution in [1.82, 2.24) is 0 Å². The number of nitrogens with one attached hydrogen (secondary N) is 1. The molecule has 88 valence electrons. The highest BCUT2D eigenvalue weighted by Gasteiger charge is 2.10. The lowest BCUT2D eigenvalue weighted by molar-refractivity contribution is 1.30. The van der Waals surface area contributed by atoms with Gasteiger partial charge in [0.15, 0.2) is 0 Å². The summed E-state index contributed by atoms with van der Waals surface area (Å²) >= 11 is 3.50. The van der Waals surface area contributed by atoms with Crippen LogP contribution in [0.5, 0.6) is 0 Å². The second kappa shape index (κ2) is 4.75. The van der Waals surface area contributed by atoms with Crippen LogP contribution in [0.4, 0.5) is 5.69 Å². The first kappa shape index (κ1) is 11.9. The molecule has 0 aromatic heterocycles. The normalized spacial score (nSPS) is 14.2. The summed E-state index contributed by atoms with van der Waals surface area (Å²) in [7, 11) is 0. The van der Waals surface area contributed by atoms with E-state index in [-0.39, 0.29) is 0 Å². The number of halogens is 1. The maximum atomic E-state index is 5.63. The van der Waals surface area contributed by atoms with Crippen molar-refractivity contribution in [3.63, 3.8) is 0 Å². The van der Waals surface area contributed by atoms with Gasteiger partial charge in [-0.25, -0.2) is 4.99 Å². The monoisotopic (exact) mass is 291 g/mol. The predicted octanol–water partition coefficient (Wildman–Crippen LogP) is 3.33. The van der Waals surface area contributed by atoms with E-state index in [2.05, 4.69) is 38.9 Å². The van der Waals surface area contributed by atoms with Crippen molar-refractivity contribution in [3.05, 3.63) is 52.3 Å². The lowest BCUT2D eigenvalue weighted by Crippen LogP contribution is -2.06. The zero-order chi connectivity index (χ0) is 12.4. The van der Waals surface area contributed by atoms with Crippen LogP contribution in [-0.4, -0.2) is 5.84 Å². The summed E-state index contributed by atoms with van der Waals surface area (Å²) in [5.74, 6) is 0.631. The number of anilines is 1. The SMILES string of the molecule is C=C(Nc1cc(C)ccc1Br)C1=CCC(N)=N1. The Kier molecular flexibility index (Phi) is 3.33. The number of hydrogen-bond acceptors (Lipinski definition) is 3. The standard InChI is InChI=1S/C13H14BrN3/c1-8-3-4-10(14)12(7-8)16-9(2)11-5-6-13(15)17-11/h3-5,7,16H,2,6H2,1H3,(H2,15,17). The largest absolute Gasteiger partial charge is 0.387 e. The Morgan fingerprint density at radius 3 is 2.94 bits per heavy atom. The van der Waals surface area contributed by atoms with E-state index >= 15 is 0 Å². The van der Waals surface area contributed by atoms with Gasteiger partial charge in [0.2, 0.25) is 0 Å². The van der Waals surface area contributed by atoms with E-state index in [1.165, 1.54) is 5.56 Å². The molecule has 0 saturated carbocycles. The topological polar surface area (TPSA) is 50.4 Å². The van der Waals surface area contributed by atoms with Crippen molar-refractivity contribution in [3.8, 4) is 0 Å². The van der Waals surface area contributed by atoms with Crippen LogP contribution in [0.15, 0.2) is 51.7 Å². The van der Waals surface area contributed by atoms with E-state index in [1.54, 1.807) is 0 Å². The Labute approximate surface area is 109 Å². The van der Waals surface area contributed by atoms with Crippen LogP contribution in [0.1, 0.15) is 12.0 Å². The average Bonchev–Trinajstić information content (AvgIpc) is 2.70. The van der Waals surface area contributed by atoms with Crippen LogP contribution in [0.25, 0.3) is 0 Å². The van der Waals surface area contributed by atoms with E-state index in [0.29, 0.717) is 12.3 Å². The van der Waals surface area contributed by atoms with Gasteiger partial charge in [-0.2, -0.15) is 0 Å². The van der Waals surface area contributed by atoms with Gasteiger partial charge in [0.1, 0.15) is 5.84 Å². The highest BCUT2D eigenvalue weighted by molar-refractivity contribution is 9.10. The van der Waals surface area contributed by atoms with Crippen molar-refractivity contribution in [1.29, 1.82) is 0 Å². The lowest BCUT2D eigenvalue weighted by Gasteiger charge is -2.11. The number of rotatable bonds is 3. The van der Waals surface area contributed by atoms with E-state index in [4.69, 9.17) is 5.73 Å². The second-order valence-electron chi connectivity index (χ2n) is 3.98. The molecule has 0 bridgehead atoms. The number of hydrogen-bond donors (Lipinski definition) is 2. The van der Waals surface area contributed by atoms with Gasteiger partial charge in [0.05, 0.1) is 17.1 Å².